The molecule has 3 amide bonds. The number of halogens is 1. The first-order valence-corrected chi connectivity index (χ1v) is 12.3. The molecule has 0 heterocycles. The summed E-state index contributed by atoms with van der Waals surface area (Å²) >= 11 is 3.39. The van der Waals surface area contributed by atoms with E-state index in [2.05, 4.69) is 37.1 Å². The fraction of sp³-hybridized carbons (Fsp3) is 0.214. The molecule has 3 N–H and O–H groups in total. The monoisotopic (exact) mass is 564 g/mol. The number of hydrazone groups is 1. The molecule has 0 atom stereocenters. The minimum Gasteiger partial charge on any atom is -0.483 e. The van der Waals surface area contributed by atoms with Crippen molar-refractivity contribution < 1.29 is 19.1 Å². The second kappa shape index (κ2) is 12.3. The van der Waals surface area contributed by atoms with Gasteiger partial charge in [0.2, 0.25) is 0 Å². The Hall–Kier alpha value is -3.98. The summed E-state index contributed by atoms with van der Waals surface area (Å²) in [7, 11) is 0. The van der Waals surface area contributed by atoms with E-state index in [-0.39, 0.29) is 12.5 Å². The van der Waals surface area contributed by atoms with Crippen LogP contribution in [0.4, 0.5) is 11.4 Å². The average Bonchev–Trinajstić information content (AvgIpc) is 2.83. The van der Waals surface area contributed by atoms with E-state index in [1.807, 2.05) is 65.0 Å². The van der Waals surface area contributed by atoms with Gasteiger partial charge in [0.05, 0.1) is 6.21 Å². The molecule has 0 saturated carbocycles. The lowest BCUT2D eigenvalue weighted by Crippen LogP contribution is -2.32. The third-order valence-electron chi connectivity index (χ3n) is 5.57. The SMILES string of the molecule is Cc1cc(C)c(NC(=O)COc2ccc(Br)cc2/C=N\NC(=O)C(=O)Nc2c(C)cccc2C)c(C)c1. The van der Waals surface area contributed by atoms with Crippen molar-refractivity contribution in [3.8, 4) is 5.75 Å². The summed E-state index contributed by atoms with van der Waals surface area (Å²) in [6, 6.07) is 14.7. The number of carbonyl (C=O) groups is 3. The predicted molar refractivity (Wildman–Crippen MR) is 149 cm³/mol. The smallest absolute Gasteiger partial charge is 0.329 e. The van der Waals surface area contributed by atoms with Gasteiger partial charge in [-0.05, 0) is 75.1 Å². The first kappa shape index (κ1) is 27.6. The van der Waals surface area contributed by atoms with Gasteiger partial charge in [-0.3, -0.25) is 14.4 Å². The number of aryl methyl sites for hydroxylation is 5. The predicted octanol–water partition coefficient (Wildman–Crippen LogP) is 5.10. The van der Waals surface area contributed by atoms with Gasteiger partial charge in [-0.15, -0.1) is 0 Å². The van der Waals surface area contributed by atoms with E-state index < -0.39 is 11.8 Å². The molecule has 0 aliphatic rings. The Balaban J connectivity index is 1.62. The highest BCUT2D eigenvalue weighted by molar-refractivity contribution is 9.10. The third kappa shape index (κ3) is 7.50. The van der Waals surface area contributed by atoms with E-state index >= 15 is 0 Å². The van der Waals surface area contributed by atoms with E-state index in [1.54, 1.807) is 18.2 Å². The summed E-state index contributed by atoms with van der Waals surface area (Å²) in [5, 5.41) is 9.40. The number of para-hydroxylation sites is 1. The molecule has 0 saturated heterocycles. The Kier molecular flexibility index (Phi) is 9.19. The molecule has 0 aliphatic carbocycles. The lowest BCUT2D eigenvalue weighted by atomic mass is 10.1. The number of ether oxygens (including phenoxy) is 1. The number of anilines is 2. The number of hydrogen-bond acceptors (Lipinski definition) is 5. The first-order chi connectivity index (χ1) is 17.5. The van der Waals surface area contributed by atoms with Crippen molar-refractivity contribution in [3.05, 3.63) is 86.4 Å². The number of carbonyl (C=O) groups excluding carboxylic acids is 3. The lowest BCUT2D eigenvalue weighted by Gasteiger charge is -2.14. The largest absolute Gasteiger partial charge is 0.483 e. The van der Waals surface area contributed by atoms with Crippen molar-refractivity contribution in [2.75, 3.05) is 17.2 Å². The lowest BCUT2D eigenvalue weighted by molar-refractivity contribution is -0.136. The summed E-state index contributed by atoms with van der Waals surface area (Å²) in [6.45, 7) is 9.35. The highest BCUT2D eigenvalue weighted by atomic mass is 79.9. The highest BCUT2D eigenvalue weighted by Crippen LogP contribution is 2.24. The van der Waals surface area contributed by atoms with Crippen molar-refractivity contribution in [2.24, 2.45) is 5.10 Å². The topological polar surface area (TPSA) is 109 Å². The van der Waals surface area contributed by atoms with Crippen molar-refractivity contribution in [1.29, 1.82) is 0 Å². The zero-order valence-electron chi connectivity index (χ0n) is 21.4. The summed E-state index contributed by atoms with van der Waals surface area (Å²) in [6.07, 6.45) is 1.34. The van der Waals surface area contributed by atoms with Gasteiger partial charge in [-0.25, -0.2) is 5.43 Å². The van der Waals surface area contributed by atoms with Crippen LogP contribution in [0, 0.1) is 34.6 Å². The Morgan fingerprint density at radius 3 is 2.11 bits per heavy atom. The number of nitrogens with zero attached hydrogens (tertiary/aromatic N) is 1. The molecule has 37 heavy (non-hydrogen) atoms. The van der Waals surface area contributed by atoms with Gasteiger partial charge in [0, 0.05) is 21.4 Å². The fourth-order valence-electron chi connectivity index (χ4n) is 3.84. The molecule has 192 valence electrons. The second-order valence-corrected chi connectivity index (χ2v) is 9.63. The number of amides is 3. The van der Waals surface area contributed by atoms with Crippen LogP contribution in [0.1, 0.15) is 33.4 Å². The molecule has 9 heteroatoms. The molecule has 8 nitrogen and oxygen atoms in total. The van der Waals surface area contributed by atoms with Crippen LogP contribution in [0.25, 0.3) is 0 Å². The van der Waals surface area contributed by atoms with Crippen LogP contribution in [0.5, 0.6) is 5.75 Å². The van der Waals surface area contributed by atoms with E-state index in [4.69, 9.17) is 4.74 Å². The van der Waals surface area contributed by atoms with Gasteiger partial charge in [-0.1, -0.05) is 51.8 Å². The molecule has 0 unspecified atom stereocenters. The van der Waals surface area contributed by atoms with E-state index in [1.165, 1.54) is 6.21 Å². The van der Waals surface area contributed by atoms with Crippen molar-refractivity contribution in [3.63, 3.8) is 0 Å². The van der Waals surface area contributed by atoms with Crippen LogP contribution in [0.3, 0.4) is 0 Å². The maximum absolute atomic E-state index is 12.5. The summed E-state index contributed by atoms with van der Waals surface area (Å²) in [4.78, 5) is 37.1. The van der Waals surface area contributed by atoms with E-state index in [0.29, 0.717) is 17.0 Å². The molecule has 0 fully saturated rings. The number of hydrogen-bond donors (Lipinski definition) is 3. The molecule has 0 radical (unpaired) electrons. The number of nitrogens with one attached hydrogen (secondary N) is 3. The van der Waals surface area contributed by atoms with Crippen LogP contribution < -0.4 is 20.8 Å². The summed E-state index contributed by atoms with van der Waals surface area (Å²) in [5.41, 5.74) is 8.83. The molecular weight excluding hydrogens is 536 g/mol. The first-order valence-electron chi connectivity index (χ1n) is 11.6. The minimum atomic E-state index is -0.917. The Morgan fingerprint density at radius 2 is 1.46 bits per heavy atom. The quantitative estimate of drug-likeness (QED) is 0.211. The van der Waals surface area contributed by atoms with Crippen molar-refractivity contribution in [1.82, 2.24) is 5.43 Å². The molecule has 0 spiro atoms. The van der Waals surface area contributed by atoms with Gasteiger partial charge >= 0.3 is 11.8 Å². The summed E-state index contributed by atoms with van der Waals surface area (Å²) < 4.78 is 6.47. The maximum Gasteiger partial charge on any atom is 0.329 e. The second-order valence-electron chi connectivity index (χ2n) is 8.71. The Labute approximate surface area is 224 Å². The van der Waals surface area contributed by atoms with Gasteiger partial charge in [0.15, 0.2) is 6.61 Å². The normalized spacial score (nSPS) is 10.8. The molecule has 0 bridgehead atoms. The zero-order chi connectivity index (χ0) is 27.1. The Bertz CT molecular complexity index is 1340. The van der Waals surface area contributed by atoms with Gasteiger partial charge in [0.25, 0.3) is 5.91 Å². The van der Waals surface area contributed by atoms with Gasteiger partial charge < -0.3 is 15.4 Å². The maximum atomic E-state index is 12.5. The molecule has 0 aliphatic heterocycles. The molecule has 3 aromatic carbocycles. The average molecular weight is 565 g/mol. The fourth-order valence-corrected chi connectivity index (χ4v) is 4.22. The van der Waals surface area contributed by atoms with Crippen molar-refractivity contribution >= 4 is 51.2 Å². The highest BCUT2D eigenvalue weighted by Gasteiger charge is 2.15. The summed E-state index contributed by atoms with van der Waals surface area (Å²) in [5.74, 6) is -1.68. The Morgan fingerprint density at radius 1 is 0.838 bits per heavy atom. The third-order valence-corrected chi connectivity index (χ3v) is 6.06. The van der Waals surface area contributed by atoms with Crippen LogP contribution >= 0.6 is 15.9 Å². The number of benzene rings is 3. The van der Waals surface area contributed by atoms with Crippen LogP contribution in [-0.4, -0.2) is 30.5 Å². The van der Waals surface area contributed by atoms with Crippen LogP contribution in [0.15, 0.2) is 58.1 Å². The van der Waals surface area contributed by atoms with Crippen molar-refractivity contribution in [2.45, 2.75) is 34.6 Å². The zero-order valence-corrected chi connectivity index (χ0v) is 22.9. The molecule has 3 aromatic rings. The number of rotatable bonds is 7. The molecule has 3 rings (SSSR count). The van der Waals surface area contributed by atoms with Crippen LogP contribution in [-0.2, 0) is 14.4 Å². The molecular formula is C28H29BrN4O4. The standard InChI is InChI=1S/C28H29BrN4O4/c1-16-11-19(4)26(20(5)12-16)31-24(34)15-37-23-10-9-22(29)13-21(23)14-30-33-28(36)27(35)32-25-17(2)7-6-8-18(25)3/h6-14H,15H2,1-5H3,(H,31,34)(H,32,35)(H,33,36)/b30-14-. The van der Waals surface area contributed by atoms with Crippen LogP contribution in [0.2, 0.25) is 0 Å². The van der Waals surface area contributed by atoms with Gasteiger partial charge in [0.1, 0.15) is 5.75 Å². The van der Waals surface area contributed by atoms with E-state index in [9.17, 15) is 14.4 Å². The molecule has 0 aromatic heterocycles. The van der Waals surface area contributed by atoms with E-state index in [0.717, 1.165) is 38.0 Å². The minimum absolute atomic E-state index is 0.222. The van der Waals surface area contributed by atoms with Gasteiger partial charge in [-0.2, -0.15) is 5.10 Å².